The van der Waals surface area contributed by atoms with Gasteiger partial charge >= 0.3 is 11.9 Å². The summed E-state index contributed by atoms with van der Waals surface area (Å²) in [5.41, 5.74) is 6.54. The Morgan fingerprint density at radius 2 is 0.926 bits per heavy atom. The molecule has 4 aromatic heterocycles. The van der Waals surface area contributed by atoms with Gasteiger partial charge in [0.2, 0.25) is 11.5 Å². The third kappa shape index (κ3) is 7.54. The molecule has 0 unspecified atom stereocenters. The maximum absolute atomic E-state index is 11.2. The fourth-order valence-electron chi connectivity index (χ4n) is 5.66. The van der Waals surface area contributed by atoms with Gasteiger partial charge in [-0.3, -0.25) is 0 Å². The predicted octanol–water partition coefficient (Wildman–Crippen LogP) is 11.6. The molecule has 0 atom stereocenters. The lowest BCUT2D eigenvalue weighted by atomic mass is 10.1. The number of thiophene rings is 2. The Morgan fingerprint density at radius 1 is 0.556 bits per heavy atom. The summed E-state index contributed by atoms with van der Waals surface area (Å²) in [4.78, 5) is 28.3. The zero-order chi connectivity index (χ0) is 37.8. The maximum atomic E-state index is 11.2. The van der Waals surface area contributed by atoms with E-state index >= 15 is 0 Å². The van der Waals surface area contributed by atoms with Crippen LogP contribution >= 0.6 is 22.7 Å². The zero-order valence-corrected chi connectivity index (χ0v) is 30.0. The molecule has 0 saturated heterocycles. The number of aromatic carboxylic acids is 2. The number of furan rings is 2. The molecule has 0 bridgehead atoms. The highest BCUT2D eigenvalue weighted by Gasteiger charge is 2.16. The summed E-state index contributed by atoms with van der Waals surface area (Å²) < 4.78 is 10.6. The number of nitrogens with zero attached hydrogens (tertiary/aromatic N) is 3. The van der Waals surface area contributed by atoms with Crippen molar-refractivity contribution in [2.45, 2.75) is 6.92 Å². The molecule has 2 N–H and O–H groups in total. The summed E-state index contributed by atoms with van der Waals surface area (Å²) in [5.74, 6) is -2.44. The summed E-state index contributed by atoms with van der Waals surface area (Å²) >= 11 is 3.02. The first-order valence-corrected chi connectivity index (χ1v) is 18.0. The average molecular weight is 746 g/mol. The Hall–Kier alpha value is -7.18. The van der Waals surface area contributed by atoms with Gasteiger partial charge in [0, 0.05) is 36.6 Å². The van der Waals surface area contributed by atoms with Gasteiger partial charge in [0.05, 0.1) is 11.1 Å². The molecule has 54 heavy (non-hydrogen) atoms. The van der Waals surface area contributed by atoms with Crippen molar-refractivity contribution in [2.24, 2.45) is 0 Å². The van der Waals surface area contributed by atoms with Crippen molar-refractivity contribution < 1.29 is 28.6 Å². The first-order valence-electron chi connectivity index (χ1n) is 16.4. The monoisotopic (exact) mass is 745 g/mol. The quantitative estimate of drug-likeness (QED) is 0.123. The van der Waals surface area contributed by atoms with Gasteiger partial charge in [0.1, 0.15) is 23.7 Å². The van der Waals surface area contributed by atoms with Crippen LogP contribution in [0.15, 0.2) is 130 Å². The molecule has 11 heteroatoms. The minimum atomic E-state index is -1.19. The van der Waals surface area contributed by atoms with E-state index in [1.807, 2.05) is 24.3 Å². The first-order chi connectivity index (χ1) is 26.2. The van der Waals surface area contributed by atoms with E-state index in [0.29, 0.717) is 0 Å². The number of carbonyl (C=O) groups is 2. The fourth-order valence-corrected chi connectivity index (χ4v) is 7.57. The third-order valence-corrected chi connectivity index (χ3v) is 10.5. The molecule has 0 spiro atoms. The van der Waals surface area contributed by atoms with Gasteiger partial charge in [-0.25, -0.2) is 9.59 Å². The number of hydrogen-bond acceptors (Lipinski definition) is 9. The second kappa shape index (κ2) is 15.2. The Morgan fingerprint density at radius 3 is 1.28 bits per heavy atom. The Kier molecular flexibility index (Phi) is 9.92. The van der Waals surface area contributed by atoms with Gasteiger partial charge < -0.3 is 23.9 Å². The molecule has 0 fully saturated rings. The van der Waals surface area contributed by atoms with Crippen molar-refractivity contribution in [1.82, 2.24) is 0 Å². The van der Waals surface area contributed by atoms with Gasteiger partial charge in [0.15, 0.2) is 0 Å². The number of rotatable bonds is 11. The van der Waals surface area contributed by atoms with Crippen LogP contribution in [0.2, 0.25) is 0 Å². The molecule has 0 aliphatic heterocycles. The molecule has 4 heterocycles. The van der Waals surface area contributed by atoms with E-state index in [2.05, 4.69) is 96.8 Å². The van der Waals surface area contributed by atoms with Crippen molar-refractivity contribution in [3.63, 3.8) is 0 Å². The summed E-state index contributed by atoms with van der Waals surface area (Å²) in [6.45, 7) is 2.05. The van der Waals surface area contributed by atoms with Crippen molar-refractivity contribution in [2.75, 3.05) is 4.90 Å². The highest BCUT2D eigenvalue weighted by atomic mass is 32.1. The minimum absolute atomic E-state index is 0.199. The van der Waals surface area contributed by atoms with Crippen molar-refractivity contribution >= 4 is 75.0 Å². The van der Waals surface area contributed by atoms with Crippen LogP contribution in [0.25, 0.3) is 44.2 Å². The third-order valence-electron chi connectivity index (χ3n) is 8.34. The molecule has 7 aromatic rings. The lowest BCUT2D eigenvalue weighted by Crippen LogP contribution is -2.09. The predicted molar refractivity (Wildman–Crippen MR) is 211 cm³/mol. The number of benzene rings is 3. The fraction of sp³-hybridized carbons (Fsp3) is 0.0233. The summed E-state index contributed by atoms with van der Waals surface area (Å²) in [5, 5.41) is 37.7. The van der Waals surface area contributed by atoms with Crippen LogP contribution in [0, 0.1) is 29.6 Å². The van der Waals surface area contributed by atoms with E-state index < -0.39 is 11.9 Å². The van der Waals surface area contributed by atoms with Crippen LogP contribution in [-0.2, 0) is 0 Å². The SMILES string of the molecule is Cc1ccc(N(c2ccc(-c3ccc(/C=C(\C#N)c4ccc(C(=O)O)o4)s3)cc2)c2ccc(-c3ccc(/C=C(\C#N)c4ccc(C(=O)O)o4)s3)cc2)cc1. The number of hydrogen-bond donors (Lipinski definition) is 2. The van der Waals surface area contributed by atoms with Crippen molar-refractivity contribution in [1.29, 1.82) is 10.5 Å². The molecule has 0 aliphatic carbocycles. The zero-order valence-electron chi connectivity index (χ0n) is 28.4. The first kappa shape index (κ1) is 35.2. The molecule has 0 amide bonds. The van der Waals surface area contributed by atoms with Crippen LogP contribution in [0.4, 0.5) is 17.1 Å². The van der Waals surface area contributed by atoms with Crippen LogP contribution in [0.3, 0.4) is 0 Å². The van der Waals surface area contributed by atoms with Crippen LogP contribution in [0.1, 0.15) is 47.9 Å². The molecule has 7 rings (SSSR count). The van der Waals surface area contributed by atoms with Gasteiger partial charge in [-0.1, -0.05) is 42.0 Å². The van der Waals surface area contributed by atoms with Gasteiger partial charge in [0.25, 0.3) is 0 Å². The smallest absolute Gasteiger partial charge is 0.371 e. The molecule has 0 aliphatic rings. The van der Waals surface area contributed by atoms with Crippen LogP contribution < -0.4 is 4.90 Å². The van der Waals surface area contributed by atoms with Crippen molar-refractivity contribution in [3.05, 3.63) is 160 Å². The van der Waals surface area contributed by atoms with E-state index in [1.54, 1.807) is 12.2 Å². The minimum Gasteiger partial charge on any atom is -0.475 e. The van der Waals surface area contributed by atoms with E-state index in [9.17, 15) is 20.1 Å². The second-order valence-electron chi connectivity index (χ2n) is 11.9. The van der Waals surface area contributed by atoms with Gasteiger partial charge in [-0.15, -0.1) is 22.7 Å². The lowest BCUT2D eigenvalue weighted by Gasteiger charge is -2.26. The van der Waals surface area contributed by atoms with Gasteiger partial charge in [-0.2, -0.15) is 10.5 Å². The largest absolute Gasteiger partial charge is 0.475 e. The van der Waals surface area contributed by atoms with E-state index in [4.69, 9.17) is 19.0 Å². The number of nitriles is 2. The van der Waals surface area contributed by atoms with E-state index in [1.165, 1.54) is 46.9 Å². The molecule has 0 radical (unpaired) electrons. The molecule has 3 aromatic carbocycles. The Labute approximate surface area is 317 Å². The highest BCUT2D eigenvalue weighted by molar-refractivity contribution is 7.16. The topological polar surface area (TPSA) is 152 Å². The van der Waals surface area contributed by atoms with Crippen LogP contribution in [-0.4, -0.2) is 22.2 Å². The number of anilines is 3. The molecule has 262 valence electrons. The van der Waals surface area contributed by atoms with Gasteiger partial charge in [-0.05, 0) is 115 Å². The standard InChI is InChI=1S/C43H27N3O6S2/c1-26-2-8-31(9-3-26)46(32-10-4-27(5-11-32)40-20-14-34(53-40)22-29(24-44)36-16-18-38(51-36)42(47)48)33-12-6-28(7-13-33)41-21-15-35(54-41)23-30(25-45)37-17-19-39(52-37)43(49)50/h2-23H,1H3,(H,47,48)(H,49,50)/b29-22+,30-23+. The number of carboxylic acids is 2. The molecule has 9 nitrogen and oxygen atoms in total. The van der Waals surface area contributed by atoms with Crippen molar-refractivity contribution in [3.8, 4) is 33.0 Å². The number of allylic oxidation sites excluding steroid dienone is 2. The Bertz CT molecular complexity index is 2480. The molecular weight excluding hydrogens is 719 g/mol. The highest BCUT2D eigenvalue weighted by Crippen LogP contribution is 2.39. The van der Waals surface area contributed by atoms with Crippen LogP contribution in [0.5, 0.6) is 0 Å². The van der Waals surface area contributed by atoms with E-state index in [0.717, 1.165) is 53.3 Å². The number of aryl methyl sites for hydroxylation is 1. The molecule has 0 saturated carbocycles. The average Bonchev–Trinajstić information content (AvgIpc) is 4.02. The Balaban J connectivity index is 1.13. The lowest BCUT2D eigenvalue weighted by molar-refractivity contribution is 0.0652. The summed E-state index contributed by atoms with van der Waals surface area (Å²) in [6, 6.07) is 42.5. The maximum Gasteiger partial charge on any atom is 0.371 e. The van der Waals surface area contributed by atoms with E-state index in [-0.39, 0.29) is 34.2 Å². The molecular formula is C43H27N3O6S2. The summed E-state index contributed by atoms with van der Waals surface area (Å²) in [7, 11) is 0. The normalized spacial score (nSPS) is 11.5. The number of carboxylic acid groups (broad SMARTS) is 2. The second-order valence-corrected chi connectivity index (χ2v) is 14.2. The summed E-state index contributed by atoms with van der Waals surface area (Å²) in [6.07, 6.45) is 3.37.